The van der Waals surface area contributed by atoms with E-state index in [2.05, 4.69) is 21.0 Å². The number of aryl methyl sites for hydroxylation is 1. The van der Waals surface area contributed by atoms with E-state index in [0.717, 1.165) is 5.56 Å². The van der Waals surface area contributed by atoms with Crippen molar-refractivity contribution in [2.45, 2.75) is 30.8 Å². The van der Waals surface area contributed by atoms with Crippen LogP contribution in [0.25, 0.3) is 11.3 Å². The lowest BCUT2D eigenvalue weighted by Crippen LogP contribution is -2.54. The van der Waals surface area contributed by atoms with Crippen LogP contribution in [0.5, 0.6) is 0 Å². The first-order valence-corrected chi connectivity index (χ1v) is 13.0. The summed E-state index contributed by atoms with van der Waals surface area (Å²) in [5, 5.41) is 23.3. The molecule has 2 amide bonds. The Morgan fingerprint density at radius 3 is 2.65 bits per heavy atom. The molecule has 9 nitrogen and oxygen atoms in total. The standard InChI is InChI=1S/C24H25Cl4N5O4/c1-33-22(18(27)10-31-33)15-9-20(37-23(15)28)24(36)32-19-11-30-13(8-21(35)29-4-5-34)7-14(19)12-2-3-16(25)17(26)6-12/h2-3,6,9-10,13-14,19,30,34H,4-5,7-8,11H2,1H3,(H,29,35)(H,32,36)/t13-,14-,19+/m0/s1. The van der Waals surface area contributed by atoms with Gasteiger partial charge in [0.15, 0.2) is 5.76 Å². The van der Waals surface area contributed by atoms with Gasteiger partial charge in [0.25, 0.3) is 5.91 Å². The Balaban J connectivity index is 1.54. The third kappa shape index (κ3) is 6.42. The van der Waals surface area contributed by atoms with Gasteiger partial charge in [0, 0.05) is 50.6 Å². The molecule has 4 N–H and O–H groups in total. The monoisotopic (exact) mass is 587 g/mol. The molecule has 13 heteroatoms. The molecule has 37 heavy (non-hydrogen) atoms. The van der Waals surface area contributed by atoms with E-state index in [1.54, 1.807) is 23.9 Å². The van der Waals surface area contributed by atoms with Crippen LogP contribution in [0.1, 0.15) is 34.9 Å². The molecule has 0 aliphatic carbocycles. The third-order valence-corrected chi connectivity index (χ3v) is 7.56. The number of aliphatic hydroxyl groups is 1. The molecule has 4 rings (SSSR count). The van der Waals surface area contributed by atoms with Gasteiger partial charge in [-0.1, -0.05) is 40.9 Å². The molecule has 0 spiro atoms. The Morgan fingerprint density at radius 2 is 1.97 bits per heavy atom. The van der Waals surface area contributed by atoms with Crippen LogP contribution in [-0.4, -0.2) is 58.5 Å². The summed E-state index contributed by atoms with van der Waals surface area (Å²) in [5.74, 6) is -0.779. The number of halogens is 4. The molecular weight excluding hydrogens is 564 g/mol. The summed E-state index contributed by atoms with van der Waals surface area (Å²) in [6.07, 6.45) is 2.25. The fraction of sp³-hybridized carbons (Fsp3) is 0.375. The number of hydrogen-bond acceptors (Lipinski definition) is 6. The van der Waals surface area contributed by atoms with E-state index in [1.807, 2.05) is 6.07 Å². The minimum atomic E-state index is -0.456. The predicted octanol–water partition coefficient (Wildman–Crippen LogP) is 4.04. The Morgan fingerprint density at radius 1 is 1.19 bits per heavy atom. The van der Waals surface area contributed by atoms with E-state index in [0.29, 0.717) is 39.3 Å². The summed E-state index contributed by atoms with van der Waals surface area (Å²) in [5.41, 5.74) is 1.86. The van der Waals surface area contributed by atoms with Crippen molar-refractivity contribution in [3.05, 3.63) is 62.1 Å². The van der Waals surface area contributed by atoms with E-state index in [4.69, 9.17) is 55.9 Å². The highest BCUT2D eigenvalue weighted by molar-refractivity contribution is 6.42. The maximum absolute atomic E-state index is 13.2. The van der Waals surface area contributed by atoms with Crippen LogP contribution in [0.4, 0.5) is 0 Å². The van der Waals surface area contributed by atoms with E-state index in [1.165, 1.54) is 12.3 Å². The van der Waals surface area contributed by atoms with Gasteiger partial charge in [0.2, 0.25) is 11.1 Å². The normalized spacial score (nSPS) is 19.6. The Labute approximate surface area is 233 Å². The molecule has 1 aliphatic rings. The third-order valence-electron chi connectivity index (χ3n) is 6.26. The van der Waals surface area contributed by atoms with Gasteiger partial charge >= 0.3 is 0 Å². The van der Waals surface area contributed by atoms with Crippen molar-refractivity contribution in [2.24, 2.45) is 7.05 Å². The molecule has 1 aromatic carbocycles. The largest absolute Gasteiger partial charge is 0.439 e. The van der Waals surface area contributed by atoms with Crippen LogP contribution in [0.2, 0.25) is 20.3 Å². The molecule has 198 valence electrons. The van der Waals surface area contributed by atoms with Crippen molar-refractivity contribution in [2.75, 3.05) is 19.7 Å². The van der Waals surface area contributed by atoms with Gasteiger partial charge in [-0.2, -0.15) is 5.10 Å². The second kappa shape index (κ2) is 12.1. The zero-order valence-electron chi connectivity index (χ0n) is 19.7. The average Bonchev–Trinajstić information content (AvgIpc) is 3.41. The summed E-state index contributed by atoms with van der Waals surface area (Å²) < 4.78 is 7.10. The van der Waals surface area contributed by atoms with Crippen LogP contribution >= 0.6 is 46.4 Å². The number of amides is 2. The summed E-state index contributed by atoms with van der Waals surface area (Å²) in [6.45, 7) is 0.455. The first kappa shape index (κ1) is 27.8. The van der Waals surface area contributed by atoms with Crippen molar-refractivity contribution >= 4 is 58.2 Å². The van der Waals surface area contributed by atoms with E-state index in [9.17, 15) is 9.59 Å². The predicted molar refractivity (Wildman–Crippen MR) is 143 cm³/mol. The van der Waals surface area contributed by atoms with Crippen LogP contribution < -0.4 is 16.0 Å². The van der Waals surface area contributed by atoms with Gasteiger partial charge in [-0.05, 0) is 35.7 Å². The lowest BCUT2D eigenvalue weighted by atomic mass is 9.81. The number of aromatic nitrogens is 2. The molecule has 0 unspecified atom stereocenters. The van der Waals surface area contributed by atoms with Crippen molar-refractivity contribution in [1.82, 2.24) is 25.7 Å². The average molecular weight is 589 g/mol. The lowest BCUT2D eigenvalue weighted by molar-refractivity contribution is -0.121. The SMILES string of the molecule is Cn1ncc(Cl)c1-c1cc(C(=O)N[C@@H]2CN[C@H](CC(=O)NCCO)C[C@H]2c2ccc(Cl)c(Cl)c2)oc1Cl. The zero-order valence-corrected chi connectivity index (χ0v) is 22.8. The van der Waals surface area contributed by atoms with E-state index >= 15 is 0 Å². The van der Waals surface area contributed by atoms with Gasteiger partial charge < -0.3 is 25.5 Å². The maximum Gasteiger partial charge on any atom is 0.287 e. The van der Waals surface area contributed by atoms with Crippen molar-refractivity contribution in [1.29, 1.82) is 0 Å². The number of rotatable bonds is 8. The first-order valence-electron chi connectivity index (χ1n) is 11.5. The fourth-order valence-electron chi connectivity index (χ4n) is 4.50. The minimum Gasteiger partial charge on any atom is -0.439 e. The van der Waals surface area contributed by atoms with Crippen LogP contribution in [-0.2, 0) is 11.8 Å². The van der Waals surface area contributed by atoms with E-state index in [-0.39, 0.29) is 54.5 Å². The Kier molecular flexibility index (Phi) is 9.05. The number of nitrogens with zero attached hydrogens (tertiary/aromatic N) is 2. The van der Waals surface area contributed by atoms with Crippen LogP contribution in [0.3, 0.4) is 0 Å². The highest BCUT2D eigenvalue weighted by Crippen LogP contribution is 2.36. The number of piperidine rings is 1. The topological polar surface area (TPSA) is 121 Å². The Hall–Kier alpha value is -2.27. The van der Waals surface area contributed by atoms with Gasteiger partial charge in [-0.3, -0.25) is 14.3 Å². The molecular formula is C24H25Cl4N5O4. The molecule has 0 radical (unpaired) electrons. The van der Waals surface area contributed by atoms with Crippen molar-refractivity contribution in [3.63, 3.8) is 0 Å². The summed E-state index contributed by atoms with van der Waals surface area (Å²) in [6, 6.07) is 6.36. The smallest absolute Gasteiger partial charge is 0.287 e. The second-order valence-electron chi connectivity index (χ2n) is 8.74. The van der Waals surface area contributed by atoms with Crippen LogP contribution in [0.15, 0.2) is 34.9 Å². The second-order valence-corrected chi connectivity index (χ2v) is 10.3. The molecule has 1 saturated heterocycles. The number of aliphatic hydroxyl groups excluding tert-OH is 1. The highest BCUT2D eigenvalue weighted by atomic mass is 35.5. The number of carbonyl (C=O) groups excluding carboxylic acids is 2. The summed E-state index contributed by atoms with van der Waals surface area (Å²) >= 11 is 24.9. The van der Waals surface area contributed by atoms with Gasteiger partial charge in [0.1, 0.15) is 0 Å². The summed E-state index contributed by atoms with van der Waals surface area (Å²) in [4.78, 5) is 25.4. The molecule has 0 saturated carbocycles. The van der Waals surface area contributed by atoms with Crippen LogP contribution in [0, 0.1) is 0 Å². The number of hydrogen-bond donors (Lipinski definition) is 4. The van der Waals surface area contributed by atoms with Crippen molar-refractivity contribution < 1.29 is 19.1 Å². The lowest BCUT2D eigenvalue weighted by Gasteiger charge is -2.37. The van der Waals surface area contributed by atoms with Crippen molar-refractivity contribution in [3.8, 4) is 11.3 Å². The molecule has 0 bridgehead atoms. The summed E-state index contributed by atoms with van der Waals surface area (Å²) in [7, 11) is 1.71. The Bertz CT molecular complexity index is 1270. The molecule has 3 aromatic rings. The minimum absolute atomic E-state index is 0.0207. The molecule has 1 fully saturated rings. The molecule has 1 aliphatic heterocycles. The number of furan rings is 1. The van der Waals surface area contributed by atoms with Gasteiger partial charge in [0.05, 0.1) is 39.1 Å². The maximum atomic E-state index is 13.2. The zero-order chi connectivity index (χ0) is 26.7. The van der Waals surface area contributed by atoms with Gasteiger partial charge in [-0.25, -0.2) is 0 Å². The highest BCUT2D eigenvalue weighted by Gasteiger charge is 2.34. The first-order chi connectivity index (χ1) is 17.7. The molecule has 3 atom stereocenters. The quantitative estimate of drug-likeness (QED) is 0.315. The molecule has 3 heterocycles. The fourth-order valence-corrected chi connectivity index (χ4v) is 5.30. The van der Waals surface area contributed by atoms with E-state index < -0.39 is 5.91 Å². The number of nitrogens with one attached hydrogen (secondary N) is 3. The number of benzene rings is 1. The molecule has 2 aromatic heterocycles. The van der Waals surface area contributed by atoms with Gasteiger partial charge in [-0.15, -0.1) is 0 Å². The number of carbonyl (C=O) groups is 2.